The Morgan fingerprint density at radius 2 is 1.92 bits per heavy atom. The first-order valence-corrected chi connectivity index (χ1v) is 4.95. The summed E-state index contributed by atoms with van der Waals surface area (Å²) in [6.07, 6.45) is 10.6. The van der Waals surface area contributed by atoms with Crippen molar-refractivity contribution in [3.05, 3.63) is 0 Å². The van der Waals surface area contributed by atoms with Gasteiger partial charge in [-0.1, -0.05) is 26.7 Å². The van der Waals surface area contributed by atoms with Crippen molar-refractivity contribution in [2.45, 2.75) is 52.0 Å². The maximum absolute atomic E-state index is 6.01. The minimum Gasteiger partial charge on any atom is -0.327 e. The van der Waals surface area contributed by atoms with Crippen LogP contribution in [0.2, 0.25) is 0 Å². The molecular weight excluding hydrogens is 146 g/mol. The molecule has 1 atom stereocenters. The van der Waals surface area contributed by atoms with Crippen molar-refractivity contribution < 1.29 is 0 Å². The Kier molecular flexibility index (Phi) is 6.90. The Labute approximate surface area is 76.7 Å². The van der Waals surface area contributed by atoms with Gasteiger partial charge in [0.1, 0.15) is 0 Å². The van der Waals surface area contributed by atoms with Crippen LogP contribution in [0, 0.1) is 18.3 Å². The van der Waals surface area contributed by atoms with Gasteiger partial charge in [0.2, 0.25) is 0 Å². The number of unbranched alkanes of at least 4 members (excludes halogenated alkanes) is 1. The Hall–Kier alpha value is -0.480. The maximum atomic E-state index is 6.01. The number of hydrogen-bond acceptors (Lipinski definition) is 1. The zero-order valence-electron chi connectivity index (χ0n) is 8.34. The monoisotopic (exact) mass is 167 g/mol. The van der Waals surface area contributed by atoms with Crippen LogP contribution < -0.4 is 5.73 Å². The van der Waals surface area contributed by atoms with Crippen molar-refractivity contribution in [3.63, 3.8) is 0 Å². The molecular formula is C11H21N. The van der Waals surface area contributed by atoms with Crippen molar-refractivity contribution in [1.29, 1.82) is 0 Å². The average molecular weight is 167 g/mol. The van der Waals surface area contributed by atoms with Crippen molar-refractivity contribution in [1.82, 2.24) is 0 Å². The predicted octanol–water partition coefficient (Wildman–Crippen LogP) is 2.55. The Balaban J connectivity index is 3.55. The fourth-order valence-electron chi connectivity index (χ4n) is 1.57. The van der Waals surface area contributed by atoms with Gasteiger partial charge in [-0.05, 0) is 18.8 Å². The molecule has 0 amide bonds. The third kappa shape index (κ3) is 4.41. The van der Waals surface area contributed by atoms with Gasteiger partial charge in [0, 0.05) is 12.5 Å². The van der Waals surface area contributed by atoms with Crippen LogP contribution >= 0.6 is 0 Å². The van der Waals surface area contributed by atoms with E-state index in [4.69, 9.17) is 12.2 Å². The second kappa shape index (κ2) is 7.18. The highest BCUT2D eigenvalue weighted by Crippen LogP contribution is 2.15. The minimum atomic E-state index is 0.355. The highest BCUT2D eigenvalue weighted by molar-refractivity contribution is 4.84. The van der Waals surface area contributed by atoms with Gasteiger partial charge in [-0.25, -0.2) is 0 Å². The summed E-state index contributed by atoms with van der Waals surface area (Å²) in [6, 6.07) is 0.355. The number of terminal acetylenes is 1. The highest BCUT2D eigenvalue weighted by atomic mass is 14.6. The molecule has 0 rings (SSSR count). The van der Waals surface area contributed by atoms with Gasteiger partial charge in [0.05, 0.1) is 0 Å². The molecule has 0 fully saturated rings. The number of hydrogen-bond donors (Lipinski definition) is 1. The Morgan fingerprint density at radius 3 is 2.33 bits per heavy atom. The van der Waals surface area contributed by atoms with E-state index < -0.39 is 0 Å². The lowest BCUT2D eigenvalue weighted by Crippen LogP contribution is -2.29. The summed E-state index contributed by atoms with van der Waals surface area (Å²) < 4.78 is 0. The second-order valence-electron chi connectivity index (χ2n) is 3.34. The van der Waals surface area contributed by atoms with Gasteiger partial charge < -0.3 is 5.73 Å². The minimum absolute atomic E-state index is 0.355. The van der Waals surface area contributed by atoms with E-state index in [0.717, 1.165) is 19.3 Å². The lowest BCUT2D eigenvalue weighted by Gasteiger charge is -2.20. The molecule has 0 aliphatic carbocycles. The van der Waals surface area contributed by atoms with Gasteiger partial charge in [-0.2, -0.15) is 0 Å². The molecule has 2 N–H and O–H groups in total. The van der Waals surface area contributed by atoms with E-state index in [2.05, 4.69) is 19.8 Å². The van der Waals surface area contributed by atoms with Crippen LogP contribution in [0.25, 0.3) is 0 Å². The molecule has 0 spiro atoms. The first kappa shape index (κ1) is 11.5. The van der Waals surface area contributed by atoms with E-state index in [-0.39, 0.29) is 0 Å². The summed E-state index contributed by atoms with van der Waals surface area (Å²) in [4.78, 5) is 0. The van der Waals surface area contributed by atoms with Gasteiger partial charge in [-0.15, -0.1) is 12.3 Å². The van der Waals surface area contributed by atoms with Crippen LogP contribution in [0.3, 0.4) is 0 Å². The molecule has 0 saturated heterocycles. The Morgan fingerprint density at radius 1 is 1.33 bits per heavy atom. The van der Waals surface area contributed by atoms with Crippen LogP contribution in [-0.4, -0.2) is 6.04 Å². The topological polar surface area (TPSA) is 26.0 Å². The van der Waals surface area contributed by atoms with Crippen molar-refractivity contribution >= 4 is 0 Å². The normalized spacial score (nSPS) is 12.9. The summed E-state index contributed by atoms with van der Waals surface area (Å²) in [5.41, 5.74) is 6.01. The highest BCUT2D eigenvalue weighted by Gasteiger charge is 2.12. The van der Waals surface area contributed by atoms with Crippen molar-refractivity contribution in [3.8, 4) is 12.3 Å². The van der Waals surface area contributed by atoms with Crippen molar-refractivity contribution in [2.75, 3.05) is 0 Å². The average Bonchev–Trinajstić information content (AvgIpc) is 2.07. The molecule has 0 aromatic carbocycles. The molecule has 1 nitrogen and oxygen atoms in total. The summed E-state index contributed by atoms with van der Waals surface area (Å²) in [7, 11) is 0. The predicted molar refractivity (Wildman–Crippen MR) is 54.7 cm³/mol. The first-order chi connectivity index (χ1) is 5.76. The van der Waals surface area contributed by atoms with Crippen LogP contribution in [-0.2, 0) is 0 Å². The second-order valence-corrected chi connectivity index (χ2v) is 3.34. The molecule has 0 radical (unpaired) electrons. The summed E-state index contributed by atoms with van der Waals surface area (Å²) in [6.45, 7) is 4.41. The first-order valence-electron chi connectivity index (χ1n) is 4.95. The molecule has 1 unspecified atom stereocenters. The van der Waals surface area contributed by atoms with Gasteiger partial charge in [-0.3, -0.25) is 0 Å². The quantitative estimate of drug-likeness (QED) is 0.477. The molecule has 70 valence electrons. The van der Waals surface area contributed by atoms with E-state index in [1.807, 2.05) is 0 Å². The molecule has 1 heteroatoms. The van der Waals surface area contributed by atoms with Gasteiger partial charge in [0.25, 0.3) is 0 Å². The van der Waals surface area contributed by atoms with E-state index in [0.29, 0.717) is 12.0 Å². The SMILES string of the molecule is C#CCCCC(N)C(CC)CC. The number of nitrogens with two attached hydrogens (primary N) is 1. The van der Waals surface area contributed by atoms with Crippen LogP contribution in [0.4, 0.5) is 0 Å². The van der Waals surface area contributed by atoms with Gasteiger partial charge >= 0.3 is 0 Å². The fraction of sp³-hybridized carbons (Fsp3) is 0.818. The molecule has 0 heterocycles. The third-order valence-corrected chi connectivity index (χ3v) is 2.51. The van der Waals surface area contributed by atoms with E-state index >= 15 is 0 Å². The molecule has 0 aliphatic heterocycles. The lowest BCUT2D eigenvalue weighted by molar-refractivity contribution is 0.373. The summed E-state index contributed by atoms with van der Waals surface area (Å²) >= 11 is 0. The van der Waals surface area contributed by atoms with E-state index in [1.165, 1.54) is 12.8 Å². The zero-order chi connectivity index (χ0) is 9.40. The molecule has 0 aromatic heterocycles. The maximum Gasteiger partial charge on any atom is 0.00866 e. The van der Waals surface area contributed by atoms with Crippen molar-refractivity contribution in [2.24, 2.45) is 11.7 Å². The smallest absolute Gasteiger partial charge is 0.00866 e. The zero-order valence-corrected chi connectivity index (χ0v) is 8.34. The van der Waals surface area contributed by atoms with Crippen LogP contribution in [0.1, 0.15) is 46.0 Å². The summed E-state index contributed by atoms with van der Waals surface area (Å²) in [5.74, 6) is 3.33. The number of rotatable bonds is 6. The van der Waals surface area contributed by atoms with E-state index in [1.54, 1.807) is 0 Å². The van der Waals surface area contributed by atoms with Crippen LogP contribution in [0.15, 0.2) is 0 Å². The van der Waals surface area contributed by atoms with Crippen LogP contribution in [0.5, 0.6) is 0 Å². The lowest BCUT2D eigenvalue weighted by atomic mass is 9.91. The Bertz CT molecular complexity index is 130. The largest absolute Gasteiger partial charge is 0.327 e. The molecule has 12 heavy (non-hydrogen) atoms. The molecule has 0 bridgehead atoms. The standard InChI is InChI=1S/C11H21N/c1-4-7-8-9-11(12)10(5-2)6-3/h1,10-11H,5-9,12H2,2-3H3. The van der Waals surface area contributed by atoms with Gasteiger partial charge in [0.15, 0.2) is 0 Å². The fourth-order valence-corrected chi connectivity index (χ4v) is 1.57. The molecule has 0 aliphatic rings. The molecule has 0 saturated carbocycles. The molecule has 0 aromatic rings. The third-order valence-electron chi connectivity index (χ3n) is 2.51. The summed E-state index contributed by atoms with van der Waals surface area (Å²) in [5, 5.41) is 0. The van der Waals surface area contributed by atoms with E-state index in [9.17, 15) is 0 Å².